The van der Waals surface area contributed by atoms with Gasteiger partial charge in [-0.25, -0.2) is 4.79 Å². The topological polar surface area (TPSA) is 64.6 Å². The minimum Gasteiger partial charge on any atom is -0.464 e. The maximum absolute atomic E-state index is 11.0. The minimum absolute atomic E-state index is 0.212. The van der Waals surface area contributed by atoms with Crippen molar-refractivity contribution in [3.05, 3.63) is 0 Å². The molecule has 0 heterocycles. The molecule has 1 N–H and O–H groups in total. The number of hydrogen-bond acceptors (Lipinski definition) is 4. The molecule has 1 amide bonds. The lowest BCUT2D eigenvalue weighted by Gasteiger charge is -2.08. The molecule has 5 nitrogen and oxygen atoms in total. The van der Waals surface area contributed by atoms with Gasteiger partial charge >= 0.3 is 12.1 Å². The molecular weight excluding hydrogens is 198 g/mol. The maximum atomic E-state index is 11.0. The molecule has 5 heteroatoms. The number of carbonyl (C=O) groups is 2. The van der Waals surface area contributed by atoms with Gasteiger partial charge in [0.05, 0.1) is 6.61 Å². The molecule has 0 saturated carbocycles. The van der Waals surface area contributed by atoms with Crippen LogP contribution in [0, 0.1) is 12.3 Å². The number of carbonyl (C=O) groups excluding carboxylic acids is 2. The lowest BCUT2D eigenvalue weighted by Crippen LogP contribution is -2.32. The molecule has 0 aromatic heterocycles. The first-order valence-corrected chi connectivity index (χ1v) is 4.66. The zero-order chi connectivity index (χ0) is 11.7. The van der Waals surface area contributed by atoms with E-state index in [-0.39, 0.29) is 6.54 Å². The van der Waals surface area contributed by atoms with Crippen LogP contribution in [0.3, 0.4) is 0 Å². The number of terminal acetylenes is 1. The van der Waals surface area contributed by atoms with Crippen LogP contribution in [0.5, 0.6) is 0 Å². The second kappa shape index (κ2) is 7.68. The van der Waals surface area contributed by atoms with Gasteiger partial charge in [-0.3, -0.25) is 4.79 Å². The van der Waals surface area contributed by atoms with E-state index in [9.17, 15) is 9.59 Å². The smallest absolute Gasteiger partial charge is 0.408 e. The molecule has 0 radical (unpaired) electrons. The van der Waals surface area contributed by atoms with E-state index in [1.165, 1.54) is 0 Å². The molecule has 0 aliphatic heterocycles. The number of esters is 1. The van der Waals surface area contributed by atoms with E-state index in [0.29, 0.717) is 6.61 Å². The van der Waals surface area contributed by atoms with E-state index >= 15 is 0 Å². The highest BCUT2D eigenvalue weighted by Gasteiger charge is 2.08. The first-order chi connectivity index (χ1) is 7.10. The van der Waals surface area contributed by atoms with Gasteiger partial charge in [0.25, 0.3) is 0 Å². The molecule has 84 valence electrons. The summed E-state index contributed by atoms with van der Waals surface area (Å²) in [4.78, 5) is 21.9. The van der Waals surface area contributed by atoms with Crippen LogP contribution in [-0.2, 0) is 14.3 Å². The second-order valence-corrected chi connectivity index (χ2v) is 2.79. The Hall–Kier alpha value is -1.70. The van der Waals surface area contributed by atoms with Crippen LogP contribution in [0.25, 0.3) is 0 Å². The van der Waals surface area contributed by atoms with Crippen molar-refractivity contribution in [2.45, 2.75) is 26.4 Å². The summed E-state index contributed by atoms with van der Waals surface area (Å²) in [5.41, 5.74) is 0. The predicted octanol–water partition coefficient (Wildman–Crippen LogP) is 0.687. The average Bonchev–Trinajstić information content (AvgIpc) is 2.23. The van der Waals surface area contributed by atoms with Crippen LogP contribution < -0.4 is 5.32 Å². The third kappa shape index (κ3) is 7.38. The predicted molar refractivity (Wildman–Crippen MR) is 54.0 cm³/mol. The van der Waals surface area contributed by atoms with Crippen LogP contribution >= 0.6 is 0 Å². The van der Waals surface area contributed by atoms with E-state index in [0.717, 1.165) is 6.42 Å². The van der Waals surface area contributed by atoms with Crippen molar-refractivity contribution < 1.29 is 19.1 Å². The molecule has 0 aromatic carbocycles. The van der Waals surface area contributed by atoms with E-state index in [1.807, 2.05) is 6.92 Å². The fourth-order valence-corrected chi connectivity index (χ4v) is 0.648. The van der Waals surface area contributed by atoms with Crippen molar-refractivity contribution in [3.63, 3.8) is 0 Å². The summed E-state index contributed by atoms with van der Waals surface area (Å²) in [5.74, 6) is 1.72. The first-order valence-electron chi connectivity index (χ1n) is 4.66. The molecule has 0 fully saturated rings. The number of amides is 1. The number of hydrogen-bond donors (Lipinski definition) is 1. The quantitative estimate of drug-likeness (QED) is 0.539. The molecular formula is C10H15NO4. The third-order valence-corrected chi connectivity index (χ3v) is 1.36. The van der Waals surface area contributed by atoms with E-state index in [4.69, 9.17) is 11.2 Å². The molecule has 15 heavy (non-hydrogen) atoms. The molecule has 0 aliphatic carbocycles. The van der Waals surface area contributed by atoms with Crippen LogP contribution in [0.4, 0.5) is 4.79 Å². The SMILES string of the molecule is C#C[C@@H](C)OC(=O)NCC(=O)OCCC. The van der Waals surface area contributed by atoms with Crippen molar-refractivity contribution in [2.75, 3.05) is 13.2 Å². The number of alkyl carbamates (subject to hydrolysis) is 1. The van der Waals surface area contributed by atoms with Gasteiger partial charge in [-0.05, 0) is 13.3 Å². The third-order valence-electron chi connectivity index (χ3n) is 1.36. The molecule has 0 spiro atoms. The fraction of sp³-hybridized carbons (Fsp3) is 0.600. The number of ether oxygens (including phenoxy) is 2. The van der Waals surface area contributed by atoms with Gasteiger partial charge < -0.3 is 14.8 Å². The monoisotopic (exact) mass is 213 g/mol. The Morgan fingerprint density at radius 3 is 2.73 bits per heavy atom. The number of nitrogens with one attached hydrogen (secondary N) is 1. The maximum Gasteiger partial charge on any atom is 0.408 e. The largest absolute Gasteiger partial charge is 0.464 e. The highest BCUT2D eigenvalue weighted by Crippen LogP contribution is 1.88. The van der Waals surface area contributed by atoms with Crippen molar-refractivity contribution in [1.82, 2.24) is 5.32 Å². The van der Waals surface area contributed by atoms with Gasteiger partial charge in [-0.15, -0.1) is 6.42 Å². The summed E-state index contributed by atoms with van der Waals surface area (Å²) >= 11 is 0. The number of rotatable bonds is 5. The molecule has 0 aromatic rings. The lowest BCUT2D eigenvalue weighted by atomic mass is 10.4. The Kier molecular flexibility index (Phi) is 6.81. The molecule has 0 rings (SSSR count). The molecule has 0 aliphatic rings. The Morgan fingerprint density at radius 1 is 1.53 bits per heavy atom. The standard InChI is InChI=1S/C10H15NO4/c1-4-6-14-9(12)7-11-10(13)15-8(3)5-2/h2,8H,4,6-7H2,1,3H3,(H,11,13)/t8-/m1/s1. The fourth-order valence-electron chi connectivity index (χ4n) is 0.648. The normalized spacial score (nSPS) is 11.0. The Bertz CT molecular complexity index is 257. The lowest BCUT2D eigenvalue weighted by molar-refractivity contribution is -0.142. The zero-order valence-corrected chi connectivity index (χ0v) is 8.91. The molecule has 0 bridgehead atoms. The first kappa shape index (κ1) is 13.3. The summed E-state index contributed by atoms with van der Waals surface area (Å²) in [6.07, 6.45) is 4.39. The van der Waals surface area contributed by atoms with E-state index in [1.54, 1.807) is 6.92 Å². The Morgan fingerprint density at radius 2 is 2.20 bits per heavy atom. The summed E-state index contributed by atoms with van der Waals surface area (Å²) in [5, 5.41) is 2.23. The molecule has 1 atom stereocenters. The minimum atomic E-state index is -0.728. The zero-order valence-electron chi connectivity index (χ0n) is 8.91. The van der Waals surface area contributed by atoms with Crippen molar-refractivity contribution in [2.24, 2.45) is 0 Å². The van der Waals surface area contributed by atoms with Gasteiger partial charge in [0.2, 0.25) is 0 Å². The van der Waals surface area contributed by atoms with Crippen LogP contribution in [-0.4, -0.2) is 31.3 Å². The average molecular weight is 213 g/mol. The van der Waals surface area contributed by atoms with Crippen molar-refractivity contribution in [1.29, 1.82) is 0 Å². The second-order valence-electron chi connectivity index (χ2n) is 2.79. The molecule has 0 unspecified atom stereocenters. The summed E-state index contributed by atoms with van der Waals surface area (Å²) in [6.45, 7) is 3.56. The van der Waals surface area contributed by atoms with E-state index < -0.39 is 18.2 Å². The highest BCUT2D eigenvalue weighted by atomic mass is 16.6. The molecule has 0 saturated heterocycles. The van der Waals surface area contributed by atoms with Gasteiger partial charge in [0.15, 0.2) is 6.10 Å². The van der Waals surface area contributed by atoms with Gasteiger partial charge in [0, 0.05) is 0 Å². The summed E-state index contributed by atoms with van der Waals surface area (Å²) < 4.78 is 9.38. The van der Waals surface area contributed by atoms with E-state index in [2.05, 4.69) is 16.0 Å². The summed E-state index contributed by atoms with van der Waals surface area (Å²) in [6, 6.07) is 0. The Labute approximate surface area is 89.1 Å². The highest BCUT2D eigenvalue weighted by molar-refractivity contribution is 5.77. The van der Waals surface area contributed by atoms with Gasteiger partial charge in [-0.2, -0.15) is 0 Å². The van der Waals surface area contributed by atoms with Crippen LogP contribution in [0.1, 0.15) is 20.3 Å². The summed E-state index contributed by atoms with van der Waals surface area (Å²) in [7, 11) is 0. The van der Waals surface area contributed by atoms with Crippen LogP contribution in [0.15, 0.2) is 0 Å². The van der Waals surface area contributed by atoms with Crippen LogP contribution in [0.2, 0.25) is 0 Å². The van der Waals surface area contributed by atoms with Gasteiger partial charge in [-0.1, -0.05) is 12.8 Å². The Balaban J connectivity index is 3.63. The van der Waals surface area contributed by atoms with Crippen molar-refractivity contribution in [3.8, 4) is 12.3 Å². The van der Waals surface area contributed by atoms with Crippen molar-refractivity contribution >= 4 is 12.1 Å². The van der Waals surface area contributed by atoms with Gasteiger partial charge in [0.1, 0.15) is 6.54 Å².